The predicted molar refractivity (Wildman–Crippen MR) is 127 cm³/mol. The zero-order chi connectivity index (χ0) is 23.7. The van der Waals surface area contributed by atoms with Crippen LogP contribution in [0.5, 0.6) is 0 Å². The van der Waals surface area contributed by atoms with Gasteiger partial charge in [-0.25, -0.2) is 14.8 Å². The molecular weight excluding hydrogens is 432 g/mol. The Hall–Kier alpha value is -3.75. The molecule has 0 spiro atoms. The van der Waals surface area contributed by atoms with E-state index in [1.807, 2.05) is 34.8 Å². The highest BCUT2D eigenvalue weighted by Crippen LogP contribution is 2.33. The van der Waals surface area contributed by atoms with E-state index in [0.717, 1.165) is 50.0 Å². The van der Waals surface area contributed by atoms with Gasteiger partial charge >= 0.3 is 5.97 Å². The summed E-state index contributed by atoms with van der Waals surface area (Å²) < 4.78 is 6.89. The molecular formula is C25H28N6O3. The molecule has 1 aliphatic carbocycles. The summed E-state index contributed by atoms with van der Waals surface area (Å²) in [4.78, 5) is 35.6. The molecule has 2 fully saturated rings. The number of rotatable bonds is 6. The number of carbonyl (C=O) groups is 2. The average Bonchev–Trinajstić information content (AvgIpc) is 3.63. The number of piperidine rings is 1. The molecule has 0 radical (unpaired) electrons. The molecule has 0 bridgehead atoms. The molecule has 3 aromatic rings. The third-order valence-electron chi connectivity index (χ3n) is 6.49. The van der Waals surface area contributed by atoms with Crippen molar-refractivity contribution >= 4 is 23.5 Å². The number of nitrogens with zero attached hydrogens (tertiary/aromatic N) is 5. The first kappa shape index (κ1) is 22.1. The van der Waals surface area contributed by atoms with Gasteiger partial charge in [0.15, 0.2) is 0 Å². The lowest BCUT2D eigenvalue weighted by Crippen LogP contribution is -2.39. The molecule has 34 heavy (non-hydrogen) atoms. The molecule has 0 unspecified atom stereocenters. The second kappa shape index (κ2) is 9.24. The minimum Gasteiger partial charge on any atom is -0.465 e. The summed E-state index contributed by atoms with van der Waals surface area (Å²) >= 11 is 0. The van der Waals surface area contributed by atoms with Crippen molar-refractivity contribution in [3.8, 4) is 11.3 Å². The lowest BCUT2D eigenvalue weighted by Gasteiger charge is -2.32. The van der Waals surface area contributed by atoms with Crippen LogP contribution < -0.4 is 5.32 Å². The number of esters is 1. The van der Waals surface area contributed by atoms with Crippen molar-refractivity contribution in [2.24, 2.45) is 5.92 Å². The number of likely N-dealkylation sites (tertiary alicyclic amines) is 1. The first-order valence-corrected chi connectivity index (χ1v) is 11.6. The second-order valence-electron chi connectivity index (χ2n) is 8.93. The lowest BCUT2D eigenvalue weighted by molar-refractivity contribution is -0.133. The number of nitrogens with one attached hydrogen (secondary N) is 1. The third-order valence-corrected chi connectivity index (χ3v) is 6.49. The Morgan fingerprint density at radius 1 is 1.09 bits per heavy atom. The van der Waals surface area contributed by atoms with Crippen molar-refractivity contribution in [1.29, 1.82) is 0 Å². The highest BCUT2D eigenvalue weighted by molar-refractivity contribution is 5.97. The number of anilines is 2. The molecule has 9 heteroatoms. The van der Waals surface area contributed by atoms with Crippen LogP contribution in [-0.2, 0) is 9.53 Å². The number of carbonyl (C=O) groups excluding carboxylic acids is 2. The van der Waals surface area contributed by atoms with Crippen LogP contribution >= 0.6 is 0 Å². The molecule has 176 valence electrons. The number of amides is 1. The fraction of sp³-hybridized carbons (Fsp3) is 0.400. The highest BCUT2D eigenvalue weighted by Gasteiger charge is 2.35. The van der Waals surface area contributed by atoms with Crippen molar-refractivity contribution < 1.29 is 14.3 Å². The zero-order valence-corrected chi connectivity index (χ0v) is 19.4. The van der Waals surface area contributed by atoms with Gasteiger partial charge in [-0.2, -0.15) is 5.10 Å². The summed E-state index contributed by atoms with van der Waals surface area (Å²) in [5.74, 6) is 0.609. The minimum absolute atomic E-state index is 0.264. The fourth-order valence-corrected chi connectivity index (χ4v) is 4.42. The zero-order valence-electron chi connectivity index (χ0n) is 19.4. The van der Waals surface area contributed by atoms with E-state index < -0.39 is 5.97 Å². The normalized spacial score (nSPS) is 16.4. The van der Waals surface area contributed by atoms with Gasteiger partial charge in [0, 0.05) is 37.0 Å². The van der Waals surface area contributed by atoms with Crippen LogP contribution in [-0.4, -0.2) is 56.7 Å². The maximum absolute atomic E-state index is 12.3. The first-order chi connectivity index (χ1) is 16.5. The highest BCUT2D eigenvalue weighted by atomic mass is 16.5. The fourth-order valence-electron chi connectivity index (χ4n) is 4.42. The van der Waals surface area contributed by atoms with E-state index in [9.17, 15) is 9.59 Å². The number of aromatic nitrogens is 4. The average molecular weight is 461 g/mol. The molecule has 2 aromatic heterocycles. The van der Waals surface area contributed by atoms with Crippen molar-refractivity contribution in [3.05, 3.63) is 54.0 Å². The van der Waals surface area contributed by atoms with Gasteiger partial charge in [0.2, 0.25) is 11.9 Å². The Morgan fingerprint density at radius 2 is 1.85 bits per heavy atom. The minimum atomic E-state index is -0.408. The number of hydrogen-bond acceptors (Lipinski definition) is 7. The Kier molecular flexibility index (Phi) is 6.00. The van der Waals surface area contributed by atoms with Gasteiger partial charge < -0.3 is 15.0 Å². The molecule has 1 amide bonds. The second-order valence-corrected chi connectivity index (χ2v) is 8.93. The summed E-state index contributed by atoms with van der Waals surface area (Å²) in [6.07, 6.45) is 9.33. The van der Waals surface area contributed by atoms with E-state index in [-0.39, 0.29) is 12.0 Å². The number of hydrogen-bond donors (Lipinski definition) is 1. The van der Waals surface area contributed by atoms with E-state index in [0.29, 0.717) is 28.7 Å². The SMILES string of the molecule is COC(=O)c1ccccc1-c1nc(Nc2cnn(C3CCN(C(=O)C4CC4)CC3)c2)ncc1C. The molecule has 9 nitrogen and oxygen atoms in total. The number of ether oxygens (including phenoxy) is 1. The van der Waals surface area contributed by atoms with E-state index in [4.69, 9.17) is 4.74 Å². The molecule has 1 saturated heterocycles. The van der Waals surface area contributed by atoms with Crippen molar-refractivity contribution in [2.45, 2.75) is 38.6 Å². The van der Waals surface area contributed by atoms with Gasteiger partial charge in [-0.1, -0.05) is 18.2 Å². The van der Waals surface area contributed by atoms with Crippen LogP contribution in [0.4, 0.5) is 11.6 Å². The van der Waals surface area contributed by atoms with Crippen molar-refractivity contribution in [2.75, 3.05) is 25.5 Å². The molecule has 1 saturated carbocycles. The van der Waals surface area contributed by atoms with Crippen LogP contribution in [0.2, 0.25) is 0 Å². The van der Waals surface area contributed by atoms with Crippen LogP contribution in [0, 0.1) is 12.8 Å². The molecule has 0 atom stereocenters. The summed E-state index contributed by atoms with van der Waals surface area (Å²) in [7, 11) is 1.37. The van der Waals surface area contributed by atoms with Gasteiger partial charge in [-0.15, -0.1) is 0 Å². The van der Waals surface area contributed by atoms with Crippen LogP contribution in [0.3, 0.4) is 0 Å². The molecule has 1 aromatic carbocycles. The summed E-state index contributed by atoms with van der Waals surface area (Å²) in [6.45, 7) is 3.48. The lowest BCUT2D eigenvalue weighted by atomic mass is 10.0. The number of benzene rings is 1. The molecule has 1 aliphatic heterocycles. The van der Waals surface area contributed by atoms with Gasteiger partial charge in [0.1, 0.15) is 0 Å². The number of methoxy groups -OCH3 is 1. The van der Waals surface area contributed by atoms with Gasteiger partial charge in [-0.05, 0) is 44.2 Å². The number of aryl methyl sites for hydroxylation is 1. The van der Waals surface area contributed by atoms with E-state index >= 15 is 0 Å². The maximum atomic E-state index is 12.3. The van der Waals surface area contributed by atoms with Crippen LogP contribution in [0.1, 0.15) is 47.6 Å². The monoisotopic (exact) mass is 460 g/mol. The Bertz CT molecular complexity index is 1210. The molecule has 2 aliphatic rings. The molecule has 1 N–H and O–H groups in total. The topological polar surface area (TPSA) is 102 Å². The summed E-state index contributed by atoms with van der Waals surface area (Å²) in [6, 6.07) is 7.50. The summed E-state index contributed by atoms with van der Waals surface area (Å²) in [5, 5.41) is 7.76. The van der Waals surface area contributed by atoms with E-state index in [1.54, 1.807) is 24.5 Å². The van der Waals surface area contributed by atoms with Gasteiger partial charge in [0.05, 0.1) is 36.3 Å². The summed E-state index contributed by atoms with van der Waals surface area (Å²) in [5.41, 5.74) is 3.45. The first-order valence-electron chi connectivity index (χ1n) is 11.6. The standard InChI is InChI=1S/C25H28N6O3/c1-16-13-26-25(29-22(16)20-5-3-4-6-21(20)24(33)34-2)28-18-14-27-31(15-18)19-9-11-30(12-10-19)23(32)17-7-8-17/h3-6,13-15,17,19H,7-12H2,1-2H3,(H,26,28,29). The maximum Gasteiger partial charge on any atom is 0.338 e. The smallest absolute Gasteiger partial charge is 0.338 e. The van der Waals surface area contributed by atoms with Crippen LogP contribution in [0.25, 0.3) is 11.3 Å². The predicted octanol–water partition coefficient (Wildman–Crippen LogP) is 3.75. The largest absolute Gasteiger partial charge is 0.465 e. The Labute approximate surface area is 198 Å². The quantitative estimate of drug-likeness (QED) is 0.559. The van der Waals surface area contributed by atoms with E-state index in [2.05, 4.69) is 20.4 Å². The Morgan fingerprint density at radius 3 is 2.59 bits per heavy atom. The molecule has 5 rings (SSSR count). The van der Waals surface area contributed by atoms with Crippen molar-refractivity contribution in [3.63, 3.8) is 0 Å². The van der Waals surface area contributed by atoms with Crippen molar-refractivity contribution in [1.82, 2.24) is 24.6 Å². The van der Waals surface area contributed by atoms with E-state index in [1.165, 1.54) is 7.11 Å². The molecule has 3 heterocycles. The Balaban J connectivity index is 1.29. The van der Waals surface area contributed by atoms with Gasteiger partial charge in [-0.3, -0.25) is 9.48 Å². The third kappa shape index (κ3) is 4.50. The van der Waals surface area contributed by atoms with Gasteiger partial charge in [0.25, 0.3) is 0 Å². The van der Waals surface area contributed by atoms with Crippen LogP contribution in [0.15, 0.2) is 42.9 Å².